The van der Waals surface area contributed by atoms with Gasteiger partial charge in [0, 0.05) is 0 Å². The van der Waals surface area contributed by atoms with Crippen LogP contribution in [0.1, 0.15) is 0 Å². The van der Waals surface area contributed by atoms with Crippen LogP contribution >= 0.6 is 0 Å². The highest BCUT2D eigenvalue weighted by atomic mass is 16.7. The number of carbonyl (C=O) groups is 3. The molecule has 0 aromatic rings. The molecule has 0 saturated carbocycles. The fourth-order valence-corrected chi connectivity index (χ4v) is 0.0747. The fraction of sp³-hybridized carbons (Fsp3) is 0. The maximum absolute atomic E-state index is 9.21. The second-order valence-corrected chi connectivity index (χ2v) is 0.739. The Morgan fingerprint density at radius 2 is 1.40 bits per heavy atom. The summed E-state index contributed by atoms with van der Waals surface area (Å²) in [5, 5.41) is 21.9. The molecule has 0 aliphatic carbocycles. The second kappa shape index (κ2) is 7.21. The van der Waals surface area contributed by atoms with Crippen molar-refractivity contribution in [1.82, 2.24) is 0 Å². The SMILES string of the molecule is O=C(O)OC(=O)O.O=CO. The molecule has 0 bridgehead atoms. The number of carboxylic acid groups (broad SMARTS) is 3. The van der Waals surface area contributed by atoms with Crippen LogP contribution in [0.25, 0.3) is 0 Å². The van der Waals surface area contributed by atoms with Crippen molar-refractivity contribution >= 4 is 18.8 Å². The van der Waals surface area contributed by atoms with Gasteiger partial charge >= 0.3 is 12.3 Å². The summed E-state index contributed by atoms with van der Waals surface area (Å²) < 4.78 is 3.08. The van der Waals surface area contributed by atoms with E-state index in [1.165, 1.54) is 0 Å². The number of rotatable bonds is 0. The smallest absolute Gasteiger partial charge is 0.483 e. The average Bonchev–Trinajstić information content (AvgIpc) is 1.62. The Kier molecular flexibility index (Phi) is 7.98. The summed E-state index contributed by atoms with van der Waals surface area (Å²) in [6.45, 7) is -0.250. The maximum atomic E-state index is 9.21. The molecule has 0 aliphatic rings. The minimum atomic E-state index is -1.81. The van der Waals surface area contributed by atoms with E-state index in [4.69, 9.17) is 20.1 Å². The number of hydrogen-bond donors (Lipinski definition) is 3. The molecular weight excluding hydrogens is 148 g/mol. The Bertz CT molecular complexity index is 115. The van der Waals surface area contributed by atoms with E-state index in [1.807, 2.05) is 0 Å². The quantitative estimate of drug-likeness (QED) is 0.255. The lowest BCUT2D eigenvalue weighted by Crippen LogP contribution is -2.05. The molecular formula is C3H4O7. The third kappa shape index (κ3) is 34.5. The van der Waals surface area contributed by atoms with Crippen LogP contribution in [0.5, 0.6) is 0 Å². The molecule has 0 amide bonds. The van der Waals surface area contributed by atoms with Crippen LogP contribution in [0.2, 0.25) is 0 Å². The van der Waals surface area contributed by atoms with Crippen molar-refractivity contribution in [2.45, 2.75) is 0 Å². The normalized spacial score (nSPS) is 6.40. The van der Waals surface area contributed by atoms with Crippen molar-refractivity contribution in [1.29, 1.82) is 0 Å². The van der Waals surface area contributed by atoms with Gasteiger partial charge in [-0.25, -0.2) is 9.59 Å². The van der Waals surface area contributed by atoms with Crippen molar-refractivity contribution in [2.24, 2.45) is 0 Å². The van der Waals surface area contributed by atoms with Gasteiger partial charge in [-0.2, -0.15) is 0 Å². The maximum Gasteiger partial charge on any atom is 0.516 e. The van der Waals surface area contributed by atoms with E-state index in [0.29, 0.717) is 0 Å². The van der Waals surface area contributed by atoms with Gasteiger partial charge in [-0.1, -0.05) is 0 Å². The lowest BCUT2D eigenvalue weighted by molar-refractivity contribution is -0.122. The highest BCUT2D eigenvalue weighted by molar-refractivity contribution is 5.74. The van der Waals surface area contributed by atoms with Crippen LogP contribution in [0.15, 0.2) is 0 Å². The van der Waals surface area contributed by atoms with Crippen LogP contribution in [-0.2, 0) is 9.53 Å². The first-order chi connectivity index (χ1) is 4.54. The summed E-state index contributed by atoms with van der Waals surface area (Å²) in [4.78, 5) is 26.8. The Labute approximate surface area is 54.5 Å². The van der Waals surface area contributed by atoms with Gasteiger partial charge in [0.2, 0.25) is 0 Å². The van der Waals surface area contributed by atoms with E-state index in [0.717, 1.165) is 0 Å². The van der Waals surface area contributed by atoms with Crippen molar-refractivity contribution in [3.63, 3.8) is 0 Å². The zero-order valence-corrected chi connectivity index (χ0v) is 4.55. The van der Waals surface area contributed by atoms with Gasteiger partial charge in [0.15, 0.2) is 0 Å². The molecule has 0 unspecified atom stereocenters. The predicted octanol–water partition coefficient (Wildman–Crippen LogP) is 0.0598. The van der Waals surface area contributed by atoms with Gasteiger partial charge < -0.3 is 20.1 Å². The van der Waals surface area contributed by atoms with E-state index < -0.39 is 12.3 Å². The van der Waals surface area contributed by atoms with Crippen molar-refractivity contribution in [3.8, 4) is 0 Å². The second-order valence-electron chi connectivity index (χ2n) is 0.739. The zero-order chi connectivity index (χ0) is 8.57. The third-order valence-corrected chi connectivity index (χ3v) is 0.175. The predicted molar refractivity (Wildman–Crippen MR) is 25.8 cm³/mol. The molecule has 0 aliphatic heterocycles. The van der Waals surface area contributed by atoms with Crippen LogP contribution in [-0.4, -0.2) is 34.1 Å². The van der Waals surface area contributed by atoms with Crippen molar-refractivity contribution in [2.75, 3.05) is 0 Å². The van der Waals surface area contributed by atoms with Crippen molar-refractivity contribution in [3.05, 3.63) is 0 Å². The molecule has 7 nitrogen and oxygen atoms in total. The summed E-state index contributed by atoms with van der Waals surface area (Å²) in [5.41, 5.74) is 0. The Hall–Kier alpha value is -1.79. The molecule has 0 spiro atoms. The standard InChI is InChI=1S/C2H2O5.CH2O2/c3-1(4)7-2(5)6;2-1-3/h(H,3,4)(H,5,6);1H,(H,2,3). The topological polar surface area (TPSA) is 121 Å². The molecule has 3 N–H and O–H groups in total. The molecule has 0 fully saturated rings. The summed E-state index contributed by atoms with van der Waals surface area (Å²) in [7, 11) is 0. The minimum absolute atomic E-state index is 0.250. The molecule has 0 aromatic heterocycles. The molecule has 7 heteroatoms. The third-order valence-electron chi connectivity index (χ3n) is 0.175. The molecule has 0 saturated heterocycles. The Morgan fingerprint density at radius 1 is 1.20 bits per heavy atom. The Morgan fingerprint density at radius 3 is 1.40 bits per heavy atom. The fourth-order valence-electron chi connectivity index (χ4n) is 0.0747. The van der Waals surface area contributed by atoms with Crippen LogP contribution in [0.4, 0.5) is 9.59 Å². The van der Waals surface area contributed by atoms with Gasteiger partial charge in [0.25, 0.3) is 6.47 Å². The zero-order valence-electron chi connectivity index (χ0n) is 4.55. The molecule has 0 radical (unpaired) electrons. The first-order valence-electron chi connectivity index (χ1n) is 1.76. The lowest BCUT2D eigenvalue weighted by atomic mass is 11.3. The van der Waals surface area contributed by atoms with E-state index in [2.05, 4.69) is 4.74 Å². The molecule has 58 valence electrons. The highest BCUT2D eigenvalue weighted by Gasteiger charge is 2.01. The molecule has 0 rings (SSSR count). The van der Waals surface area contributed by atoms with E-state index in [9.17, 15) is 9.59 Å². The first kappa shape index (κ1) is 11.1. The molecule has 0 heterocycles. The summed E-state index contributed by atoms with van der Waals surface area (Å²) >= 11 is 0. The van der Waals surface area contributed by atoms with E-state index in [1.54, 1.807) is 0 Å². The number of hydrogen-bond acceptors (Lipinski definition) is 4. The van der Waals surface area contributed by atoms with E-state index >= 15 is 0 Å². The lowest BCUT2D eigenvalue weighted by Gasteiger charge is -1.84. The van der Waals surface area contributed by atoms with Gasteiger partial charge in [0.05, 0.1) is 0 Å². The van der Waals surface area contributed by atoms with Crippen LogP contribution in [0, 0.1) is 0 Å². The largest absolute Gasteiger partial charge is 0.516 e. The summed E-state index contributed by atoms with van der Waals surface area (Å²) in [6, 6.07) is 0. The average molecular weight is 152 g/mol. The molecule has 0 aromatic carbocycles. The van der Waals surface area contributed by atoms with Gasteiger partial charge in [0.1, 0.15) is 0 Å². The van der Waals surface area contributed by atoms with Crippen LogP contribution < -0.4 is 0 Å². The minimum Gasteiger partial charge on any atom is -0.483 e. The molecule has 10 heavy (non-hydrogen) atoms. The van der Waals surface area contributed by atoms with Crippen LogP contribution in [0.3, 0.4) is 0 Å². The monoisotopic (exact) mass is 152 g/mol. The Balaban J connectivity index is 0. The summed E-state index contributed by atoms with van der Waals surface area (Å²) in [6.07, 6.45) is -3.62. The first-order valence-corrected chi connectivity index (χ1v) is 1.76. The van der Waals surface area contributed by atoms with Gasteiger partial charge in [-0.3, -0.25) is 4.79 Å². The van der Waals surface area contributed by atoms with Crippen molar-refractivity contribution < 1.29 is 34.4 Å². The number of ether oxygens (including phenoxy) is 1. The van der Waals surface area contributed by atoms with E-state index in [-0.39, 0.29) is 6.47 Å². The van der Waals surface area contributed by atoms with Gasteiger partial charge in [-0.05, 0) is 0 Å². The summed E-state index contributed by atoms with van der Waals surface area (Å²) in [5.74, 6) is 0. The van der Waals surface area contributed by atoms with Gasteiger partial charge in [-0.15, -0.1) is 0 Å². The highest BCUT2D eigenvalue weighted by Crippen LogP contribution is 1.73. The molecule has 0 atom stereocenters.